The smallest absolute Gasteiger partial charge is 0.0659 e. The molecule has 2 N–H and O–H groups in total. The lowest BCUT2D eigenvalue weighted by atomic mass is 9.51. The predicted molar refractivity (Wildman–Crippen MR) is 85.9 cm³/mol. The molecule has 1 saturated carbocycles. The molecule has 21 heavy (non-hydrogen) atoms. The van der Waals surface area contributed by atoms with Gasteiger partial charge in [0.05, 0.1) is 5.60 Å². The van der Waals surface area contributed by atoms with Crippen LogP contribution in [0.3, 0.4) is 0 Å². The van der Waals surface area contributed by atoms with Crippen molar-refractivity contribution in [3.05, 3.63) is 23.3 Å². The van der Waals surface area contributed by atoms with Gasteiger partial charge in [0.25, 0.3) is 0 Å². The lowest BCUT2D eigenvalue weighted by Gasteiger charge is -2.55. The first-order valence-electron chi connectivity index (χ1n) is 8.54. The molecule has 0 spiro atoms. The SMILES string of the molecule is C[C@]1(CCO)CC=C2C(=CC[C@H]3[C@](C)(O)CCC[C@]23C)C1. The van der Waals surface area contributed by atoms with Crippen LogP contribution in [-0.2, 0) is 0 Å². The van der Waals surface area contributed by atoms with Crippen molar-refractivity contribution in [2.75, 3.05) is 6.61 Å². The minimum Gasteiger partial charge on any atom is -0.396 e. The number of aliphatic hydroxyl groups excluding tert-OH is 1. The number of fused-ring (bicyclic) bond motifs is 3. The van der Waals surface area contributed by atoms with Crippen LogP contribution in [0, 0.1) is 16.7 Å². The number of rotatable bonds is 2. The molecule has 118 valence electrons. The quantitative estimate of drug-likeness (QED) is 0.807. The maximum Gasteiger partial charge on any atom is 0.0659 e. The molecule has 0 unspecified atom stereocenters. The van der Waals surface area contributed by atoms with E-state index in [-0.39, 0.29) is 17.4 Å². The Hall–Kier alpha value is -0.600. The number of hydrogen-bond donors (Lipinski definition) is 2. The second-order valence-electron chi connectivity index (χ2n) is 8.43. The molecule has 3 aliphatic rings. The van der Waals surface area contributed by atoms with Gasteiger partial charge in [-0.2, -0.15) is 0 Å². The molecule has 1 fully saturated rings. The summed E-state index contributed by atoms with van der Waals surface area (Å²) in [4.78, 5) is 0. The van der Waals surface area contributed by atoms with E-state index < -0.39 is 5.60 Å². The largest absolute Gasteiger partial charge is 0.396 e. The van der Waals surface area contributed by atoms with Crippen LogP contribution >= 0.6 is 0 Å². The van der Waals surface area contributed by atoms with Gasteiger partial charge in [-0.1, -0.05) is 26.0 Å². The first-order valence-corrected chi connectivity index (χ1v) is 8.54. The van der Waals surface area contributed by atoms with Crippen LogP contribution in [0.15, 0.2) is 23.3 Å². The minimum absolute atomic E-state index is 0.145. The van der Waals surface area contributed by atoms with E-state index in [1.165, 1.54) is 17.6 Å². The van der Waals surface area contributed by atoms with E-state index in [0.29, 0.717) is 5.92 Å². The zero-order valence-corrected chi connectivity index (χ0v) is 13.8. The van der Waals surface area contributed by atoms with Gasteiger partial charge in [-0.25, -0.2) is 0 Å². The Morgan fingerprint density at radius 3 is 2.67 bits per heavy atom. The van der Waals surface area contributed by atoms with Gasteiger partial charge in [-0.15, -0.1) is 0 Å². The van der Waals surface area contributed by atoms with E-state index in [2.05, 4.69) is 26.0 Å². The Balaban J connectivity index is 1.95. The predicted octanol–water partition coefficient (Wildman–Crippen LogP) is 3.98. The fraction of sp³-hybridized carbons (Fsp3) is 0.789. The van der Waals surface area contributed by atoms with Gasteiger partial charge in [-0.3, -0.25) is 0 Å². The Labute approximate surface area is 128 Å². The normalized spacial score (nSPS) is 46.2. The molecule has 4 atom stereocenters. The molecule has 0 aromatic heterocycles. The highest BCUT2D eigenvalue weighted by molar-refractivity contribution is 5.44. The van der Waals surface area contributed by atoms with Crippen molar-refractivity contribution in [1.29, 1.82) is 0 Å². The van der Waals surface area contributed by atoms with Crippen molar-refractivity contribution in [2.24, 2.45) is 16.7 Å². The lowest BCUT2D eigenvalue weighted by molar-refractivity contribution is -0.0834. The molecular weight excluding hydrogens is 260 g/mol. The molecule has 0 aromatic carbocycles. The third kappa shape index (κ3) is 2.41. The summed E-state index contributed by atoms with van der Waals surface area (Å²) < 4.78 is 0. The van der Waals surface area contributed by atoms with Crippen LogP contribution < -0.4 is 0 Å². The van der Waals surface area contributed by atoms with Crippen LogP contribution in [0.25, 0.3) is 0 Å². The van der Waals surface area contributed by atoms with Crippen LogP contribution in [0.2, 0.25) is 0 Å². The molecule has 0 bridgehead atoms. The molecule has 0 heterocycles. The van der Waals surface area contributed by atoms with E-state index in [4.69, 9.17) is 0 Å². The minimum atomic E-state index is -0.526. The molecule has 2 heteroatoms. The molecule has 0 saturated heterocycles. The fourth-order valence-electron chi connectivity index (χ4n) is 5.29. The van der Waals surface area contributed by atoms with Gasteiger partial charge >= 0.3 is 0 Å². The Bertz CT molecular complexity index is 488. The Morgan fingerprint density at radius 2 is 1.95 bits per heavy atom. The van der Waals surface area contributed by atoms with Crippen LogP contribution in [0.1, 0.15) is 65.7 Å². The van der Waals surface area contributed by atoms with E-state index in [9.17, 15) is 10.2 Å². The number of aliphatic hydroxyl groups is 2. The number of allylic oxidation sites excluding steroid dienone is 4. The maximum atomic E-state index is 10.8. The highest BCUT2D eigenvalue weighted by Crippen LogP contribution is 2.59. The summed E-state index contributed by atoms with van der Waals surface area (Å²) >= 11 is 0. The summed E-state index contributed by atoms with van der Waals surface area (Å²) in [5.41, 5.74) is 2.83. The summed E-state index contributed by atoms with van der Waals surface area (Å²) in [6.45, 7) is 6.98. The van der Waals surface area contributed by atoms with Crippen molar-refractivity contribution in [1.82, 2.24) is 0 Å². The van der Waals surface area contributed by atoms with Crippen molar-refractivity contribution in [3.63, 3.8) is 0 Å². The van der Waals surface area contributed by atoms with Gasteiger partial charge in [0.15, 0.2) is 0 Å². The van der Waals surface area contributed by atoms with Crippen molar-refractivity contribution < 1.29 is 10.2 Å². The zero-order valence-electron chi connectivity index (χ0n) is 13.8. The molecule has 0 aliphatic heterocycles. The van der Waals surface area contributed by atoms with E-state index in [1.807, 2.05) is 6.92 Å². The topological polar surface area (TPSA) is 40.5 Å². The molecule has 2 nitrogen and oxygen atoms in total. The summed E-state index contributed by atoms with van der Waals surface area (Å²) in [6.07, 6.45) is 12.1. The highest BCUT2D eigenvalue weighted by Gasteiger charge is 2.52. The van der Waals surface area contributed by atoms with Crippen LogP contribution in [0.4, 0.5) is 0 Å². The van der Waals surface area contributed by atoms with E-state index in [0.717, 1.165) is 38.5 Å². The Morgan fingerprint density at radius 1 is 1.19 bits per heavy atom. The maximum absolute atomic E-state index is 10.8. The Kier molecular flexibility index (Phi) is 3.61. The zero-order chi connectivity index (χ0) is 15.3. The van der Waals surface area contributed by atoms with Crippen molar-refractivity contribution >= 4 is 0 Å². The molecule has 0 aromatic rings. The summed E-state index contributed by atoms with van der Waals surface area (Å²) in [5.74, 6) is 0.357. The van der Waals surface area contributed by atoms with Gasteiger partial charge in [0.2, 0.25) is 0 Å². The lowest BCUT2D eigenvalue weighted by Crippen LogP contribution is -2.51. The van der Waals surface area contributed by atoms with Gasteiger partial charge in [0.1, 0.15) is 0 Å². The molecule has 3 rings (SSSR count). The standard InChI is InChI=1S/C19H30O2/c1-17(11-12-20)10-7-15-14(13-17)5-6-16-18(15,2)8-4-9-19(16,3)21/h5,7,16,20-21H,4,6,8-13H2,1-3H3/t16-,17-,18-,19-/m1/s1. The molecule has 0 radical (unpaired) electrons. The average Bonchev–Trinajstić information content (AvgIpc) is 2.37. The first-order chi connectivity index (χ1) is 9.81. The first kappa shape index (κ1) is 15.3. The van der Waals surface area contributed by atoms with Gasteiger partial charge in [0, 0.05) is 12.5 Å². The second-order valence-corrected chi connectivity index (χ2v) is 8.43. The molecular formula is C19H30O2. The monoisotopic (exact) mass is 290 g/mol. The van der Waals surface area contributed by atoms with Gasteiger partial charge < -0.3 is 10.2 Å². The second kappa shape index (κ2) is 4.96. The van der Waals surface area contributed by atoms with Crippen LogP contribution in [-0.4, -0.2) is 22.4 Å². The van der Waals surface area contributed by atoms with E-state index in [1.54, 1.807) is 0 Å². The fourth-order valence-corrected chi connectivity index (χ4v) is 5.29. The summed E-state index contributed by atoms with van der Waals surface area (Å²) in [5, 5.41) is 20.1. The summed E-state index contributed by atoms with van der Waals surface area (Å²) in [6, 6.07) is 0. The average molecular weight is 290 g/mol. The molecule has 3 aliphatic carbocycles. The van der Waals surface area contributed by atoms with E-state index >= 15 is 0 Å². The van der Waals surface area contributed by atoms with Gasteiger partial charge in [-0.05, 0) is 73.8 Å². The third-order valence-corrected chi connectivity index (χ3v) is 6.59. The van der Waals surface area contributed by atoms with Crippen molar-refractivity contribution in [2.45, 2.75) is 71.3 Å². The molecule has 0 amide bonds. The number of hydrogen-bond acceptors (Lipinski definition) is 2. The third-order valence-electron chi connectivity index (χ3n) is 6.59. The highest BCUT2D eigenvalue weighted by atomic mass is 16.3. The van der Waals surface area contributed by atoms with Crippen molar-refractivity contribution in [3.8, 4) is 0 Å². The summed E-state index contributed by atoms with van der Waals surface area (Å²) in [7, 11) is 0. The van der Waals surface area contributed by atoms with Crippen LogP contribution in [0.5, 0.6) is 0 Å².